The molecule has 3 aliphatic heterocycles. The van der Waals surface area contributed by atoms with E-state index in [-0.39, 0.29) is 6.61 Å². The highest BCUT2D eigenvalue weighted by Gasteiger charge is 2.43. The van der Waals surface area contributed by atoms with Crippen molar-refractivity contribution in [2.75, 3.05) is 30.8 Å². The molecule has 6 nitrogen and oxygen atoms in total. The van der Waals surface area contributed by atoms with Crippen molar-refractivity contribution in [2.24, 2.45) is 10.9 Å². The van der Waals surface area contributed by atoms with Gasteiger partial charge in [0.2, 0.25) is 0 Å². The van der Waals surface area contributed by atoms with Crippen molar-refractivity contribution in [1.29, 1.82) is 0 Å². The Kier molecular flexibility index (Phi) is 8.82. The zero-order valence-electron chi connectivity index (χ0n) is 28.8. The number of anilines is 2. The zero-order valence-corrected chi connectivity index (χ0v) is 28.8. The second-order valence-electron chi connectivity index (χ2n) is 13.9. The molecular weight excluding hydrogens is 604 g/mol. The van der Waals surface area contributed by atoms with E-state index in [0.717, 1.165) is 54.2 Å². The fourth-order valence-electron chi connectivity index (χ4n) is 7.44. The number of likely N-dealkylation sites (N-methyl/N-ethyl adjacent to an activating group) is 1. The van der Waals surface area contributed by atoms with Crippen molar-refractivity contribution in [3.05, 3.63) is 160 Å². The number of benzene rings is 3. The monoisotopic (exact) mass is 648 g/mol. The molecule has 0 fully saturated rings. The highest BCUT2D eigenvalue weighted by atomic mass is 16.6. The van der Waals surface area contributed by atoms with Crippen molar-refractivity contribution in [1.82, 2.24) is 4.90 Å². The molecule has 1 atom stereocenters. The van der Waals surface area contributed by atoms with Crippen LogP contribution in [-0.4, -0.2) is 36.8 Å². The van der Waals surface area contributed by atoms with Crippen LogP contribution in [0.1, 0.15) is 50.3 Å². The molecule has 0 saturated heterocycles. The van der Waals surface area contributed by atoms with Gasteiger partial charge in [0.05, 0.1) is 5.69 Å². The third kappa shape index (κ3) is 6.36. The zero-order chi connectivity index (χ0) is 34.1. The smallest absolute Gasteiger partial charge is 0.419 e. The van der Waals surface area contributed by atoms with E-state index in [2.05, 4.69) is 106 Å². The lowest BCUT2D eigenvalue weighted by molar-refractivity contribution is 0.148. The molecule has 0 bridgehead atoms. The number of nitrogens with two attached hydrogens (primary N) is 1. The number of fused-ring (bicyclic) bond motifs is 1. The molecule has 2 N–H and O–H groups in total. The molecule has 1 unspecified atom stereocenters. The summed E-state index contributed by atoms with van der Waals surface area (Å²) in [4.78, 5) is 23.0. The molecule has 3 aromatic carbocycles. The van der Waals surface area contributed by atoms with Gasteiger partial charge in [-0.2, -0.15) is 0 Å². The van der Waals surface area contributed by atoms with Gasteiger partial charge in [-0.15, -0.1) is 0 Å². The van der Waals surface area contributed by atoms with Crippen molar-refractivity contribution >= 4 is 28.8 Å². The number of allylic oxidation sites excluding steroid dienone is 8. The summed E-state index contributed by atoms with van der Waals surface area (Å²) < 4.78 is 5.91. The van der Waals surface area contributed by atoms with Crippen molar-refractivity contribution in [3.8, 4) is 0 Å². The summed E-state index contributed by atoms with van der Waals surface area (Å²) in [6.07, 6.45) is 15.0. The Morgan fingerprint density at radius 1 is 0.980 bits per heavy atom. The average Bonchev–Trinajstić information content (AvgIpc) is 3.55. The van der Waals surface area contributed by atoms with Gasteiger partial charge in [0.1, 0.15) is 6.61 Å². The molecule has 3 heterocycles. The number of carbonyl (C=O) groups excluding carboxylic acids is 1. The number of carbonyl (C=O) groups is 1. The Bertz CT molecular complexity index is 1990. The molecule has 0 aromatic heterocycles. The summed E-state index contributed by atoms with van der Waals surface area (Å²) in [6, 6.07) is 26.1. The van der Waals surface area contributed by atoms with Gasteiger partial charge in [0.15, 0.2) is 0 Å². The third-order valence-corrected chi connectivity index (χ3v) is 10.1. The lowest BCUT2D eigenvalue weighted by Crippen LogP contribution is -2.32. The summed E-state index contributed by atoms with van der Waals surface area (Å²) in [6.45, 7) is 8.36. The normalized spacial score (nSPS) is 21.9. The number of nitrogen functional groups attached to an aromatic ring is 1. The number of hydrogen-bond donors (Lipinski definition) is 1. The fraction of sp³-hybridized carbons (Fsp3) is 0.256. The quantitative estimate of drug-likeness (QED) is 0.271. The van der Waals surface area contributed by atoms with Gasteiger partial charge in [-0.1, -0.05) is 106 Å². The predicted octanol–water partition coefficient (Wildman–Crippen LogP) is 9.16. The molecule has 0 spiro atoms. The lowest BCUT2D eigenvalue weighted by Gasteiger charge is -2.30. The van der Waals surface area contributed by atoms with Crippen LogP contribution in [0.5, 0.6) is 0 Å². The molecule has 7 rings (SSSR count). The van der Waals surface area contributed by atoms with Crippen LogP contribution in [0.2, 0.25) is 0 Å². The van der Waals surface area contributed by atoms with Crippen LogP contribution >= 0.6 is 0 Å². The minimum Gasteiger partial charge on any atom is -0.444 e. The molecule has 6 heteroatoms. The summed E-state index contributed by atoms with van der Waals surface area (Å²) in [5, 5.41) is 0. The second-order valence-corrected chi connectivity index (χ2v) is 13.9. The maximum absolute atomic E-state index is 13.9. The van der Waals surface area contributed by atoms with E-state index in [0.29, 0.717) is 11.6 Å². The Hall–Kier alpha value is -5.20. The molecule has 0 radical (unpaired) electrons. The van der Waals surface area contributed by atoms with Crippen LogP contribution in [0.15, 0.2) is 148 Å². The largest absolute Gasteiger partial charge is 0.444 e. The van der Waals surface area contributed by atoms with Gasteiger partial charge in [-0.3, -0.25) is 9.89 Å². The van der Waals surface area contributed by atoms with Crippen LogP contribution in [0.3, 0.4) is 0 Å². The first-order valence-corrected chi connectivity index (χ1v) is 17.2. The standard InChI is InChI=1S/C43H44N4O2/c1-29-35-14-8-10-16-38(35)45-37(29)24-20-32-26-46(4)27-33(41(32)31-12-6-5-7-13-31)21-25-40-43(2,3)36-15-9-11-17-39(36)47(40)42(48)49-28-30-18-22-34(44)23-19-30/h5-9,11-15,17-25,29H,10,16,26-28,44H2,1-4H3/b24-20+,33-21+,40-25+. The van der Waals surface area contributed by atoms with Crippen LogP contribution in [-0.2, 0) is 16.8 Å². The van der Waals surface area contributed by atoms with Crippen molar-refractivity contribution in [2.45, 2.75) is 45.6 Å². The van der Waals surface area contributed by atoms with Crippen LogP contribution < -0.4 is 10.6 Å². The maximum Gasteiger partial charge on any atom is 0.419 e. The number of aliphatic imine (C=N–C) groups is 1. The first-order valence-electron chi connectivity index (χ1n) is 17.2. The molecule has 1 aliphatic carbocycles. The van der Waals surface area contributed by atoms with E-state index < -0.39 is 11.5 Å². The van der Waals surface area contributed by atoms with Crippen LogP contribution in [0, 0.1) is 5.92 Å². The Labute approximate surface area is 290 Å². The summed E-state index contributed by atoms with van der Waals surface area (Å²) >= 11 is 0. The Morgan fingerprint density at radius 3 is 2.51 bits per heavy atom. The van der Waals surface area contributed by atoms with Gasteiger partial charge >= 0.3 is 6.09 Å². The summed E-state index contributed by atoms with van der Waals surface area (Å²) in [7, 11) is 2.16. The fourth-order valence-corrected chi connectivity index (χ4v) is 7.44. The lowest BCUT2D eigenvalue weighted by atomic mass is 9.83. The van der Waals surface area contributed by atoms with E-state index in [4.69, 9.17) is 15.5 Å². The minimum atomic E-state index is -0.425. The van der Waals surface area contributed by atoms with E-state index in [1.54, 1.807) is 4.90 Å². The molecule has 0 saturated carbocycles. The Balaban J connectivity index is 1.27. The van der Waals surface area contributed by atoms with E-state index in [9.17, 15) is 4.79 Å². The van der Waals surface area contributed by atoms with Gasteiger partial charge < -0.3 is 10.5 Å². The molecule has 248 valence electrons. The molecule has 4 aliphatic rings. The number of amides is 1. The topological polar surface area (TPSA) is 71.2 Å². The summed E-state index contributed by atoms with van der Waals surface area (Å²) in [5.74, 6) is 0.293. The van der Waals surface area contributed by atoms with Gasteiger partial charge in [0, 0.05) is 47.2 Å². The molecule has 3 aromatic rings. The van der Waals surface area contributed by atoms with Crippen molar-refractivity contribution in [3.63, 3.8) is 0 Å². The second kappa shape index (κ2) is 13.4. The van der Waals surface area contributed by atoms with Gasteiger partial charge in [-0.05, 0) is 89.2 Å². The first kappa shape index (κ1) is 32.4. The molecule has 1 amide bonds. The predicted molar refractivity (Wildman–Crippen MR) is 201 cm³/mol. The SMILES string of the molecule is CC1C(/C=C/C2=C(c3ccccc3)C(=C/C=C3/N(C(=O)OCc4ccc(N)cc4)c4ccccc4C3(C)C)/CN(C)C2)=NC2=C1C=CCC2. The van der Waals surface area contributed by atoms with Crippen molar-refractivity contribution < 1.29 is 9.53 Å². The average molecular weight is 649 g/mol. The van der Waals surface area contributed by atoms with E-state index in [1.165, 1.54) is 33.6 Å². The van der Waals surface area contributed by atoms with E-state index >= 15 is 0 Å². The maximum atomic E-state index is 13.9. The van der Waals surface area contributed by atoms with E-state index in [1.807, 2.05) is 42.5 Å². The molecular formula is C43H44N4O2. The van der Waals surface area contributed by atoms with Gasteiger partial charge in [0.25, 0.3) is 0 Å². The summed E-state index contributed by atoms with van der Waals surface area (Å²) in [5.41, 5.74) is 18.4. The highest BCUT2D eigenvalue weighted by molar-refractivity contribution is 6.02. The first-order chi connectivity index (χ1) is 23.7. The molecule has 49 heavy (non-hydrogen) atoms. The third-order valence-electron chi connectivity index (χ3n) is 10.1. The van der Waals surface area contributed by atoms with Gasteiger partial charge in [-0.25, -0.2) is 9.69 Å². The van der Waals surface area contributed by atoms with Crippen LogP contribution in [0.25, 0.3) is 5.57 Å². The number of para-hydroxylation sites is 1. The number of ether oxygens (including phenoxy) is 1. The minimum absolute atomic E-state index is 0.159. The number of rotatable bonds is 6. The Morgan fingerprint density at radius 2 is 1.73 bits per heavy atom. The number of nitrogens with zero attached hydrogens (tertiary/aromatic N) is 3. The highest BCUT2D eigenvalue weighted by Crippen LogP contribution is 2.48. The number of hydrogen-bond acceptors (Lipinski definition) is 5. The van der Waals surface area contributed by atoms with Crippen LogP contribution in [0.4, 0.5) is 16.2 Å².